The van der Waals surface area contributed by atoms with Gasteiger partial charge in [0, 0.05) is 22.9 Å². The fourth-order valence-electron chi connectivity index (χ4n) is 2.64. The summed E-state index contributed by atoms with van der Waals surface area (Å²) in [5.41, 5.74) is 2.20. The van der Waals surface area contributed by atoms with Gasteiger partial charge in [0.1, 0.15) is 11.2 Å². The number of hydrogen-bond donors (Lipinski definition) is 1. The van der Waals surface area contributed by atoms with Gasteiger partial charge >= 0.3 is 0 Å². The molecule has 1 heterocycles. The molecule has 0 saturated carbocycles. The zero-order valence-electron chi connectivity index (χ0n) is 14.0. The molecule has 1 N–H and O–H groups in total. The minimum absolute atomic E-state index is 0.0356. The van der Waals surface area contributed by atoms with Crippen molar-refractivity contribution < 1.29 is 14.0 Å². The van der Waals surface area contributed by atoms with Crippen molar-refractivity contribution in [3.63, 3.8) is 0 Å². The molecule has 2 aromatic carbocycles. The van der Waals surface area contributed by atoms with E-state index in [-0.39, 0.29) is 28.9 Å². The molecule has 3 rings (SSSR count). The van der Waals surface area contributed by atoms with Gasteiger partial charge in [-0.1, -0.05) is 32.0 Å². The fourth-order valence-corrected chi connectivity index (χ4v) is 3.85. The lowest BCUT2D eigenvalue weighted by Crippen LogP contribution is -2.28. The van der Waals surface area contributed by atoms with Crippen LogP contribution in [0.5, 0.6) is 0 Å². The highest BCUT2D eigenvalue weighted by atomic mass is 32.2. The molecule has 25 heavy (non-hydrogen) atoms. The minimum Gasteiger partial charge on any atom is -0.326 e. The van der Waals surface area contributed by atoms with Crippen LogP contribution < -0.4 is 10.2 Å². The zero-order chi connectivity index (χ0) is 18.0. The van der Waals surface area contributed by atoms with Gasteiger partial charge in [0.25, 0.3) is 0 Å². The van der Waals surface area contributed by atoms with Crippen LogP contribution in [0, 0.1) is 11.7 Å². The Balaban J connectivity index is 1.96. The molecular weight excluding hydrogens is 339 g/mol. The number of anilines is 2. The first-order chi connectivity index (χ1) is 12.0. The van der Waals surface area contributed by atoms with E-state index in [4.69, 9.17) is 0 Å². The number of hydrogen-bond acceptors (Lipinski definition) is 3. The normalized spacial score (nSPS) is 17.2. The summed E-state index contributed by atoms with van der Waals surface area (Å²) in [5.74, 6) is -0.251. The largest absolute Gasteiger partial charge is 0.326 e. The Hall–Kier alpha value is -2.34. The van der Waals surface area contributed by atoms with E-state index < -0.39 is 0 Å². The summed E-state index contributed by atoms with van der Waals surface area (Å²) in [6.07, 6.45) is 0. The maximum absolute atomic E-state index is 13.2. The number of carbonyl (C=O) groups is 2. The van der Waals surface area contributed by atoms with Gasteiger partial charge in [0.2, 0.25) is 11.8 Å². The average Bonchev–Trinajstić information content (AvgIpc) is 2.97. The Morgan fingerprint density at radius 2 is 1.88 bits per heavy atom. The molecule has 2 aromatic rings. The zero-order valence-corrected chi connectivity index (χ0v) is 14.8. The predicted molar refractivity (Wildman–Crippen MR) is 99.0 cm³/mol. The number of thioether (sulfide) groups is 1. The van der Waals surface area contributed by atoms with Crippen molar-refractivity contribution in [3.05, 3.63) is 59.9 Å². The Kier molecular flexibility index (Phi) is 5.08. The van der Waals surface area contributed by atoms with Gasteiger partial charge in [-0.3, -0.25) is 14.5 Å². The van der Waals surface area contributed by atoms with Crippen molar-refractivity contribution in [2.75, 3.05) is 16.0 Å². The van der Waals surface area contributed by atoms with E-state index in [2.05, 4.69) is 5.32 Å². The maximum atomic E-state index is 13.2. The molecule has 1 aliphatic rings. The number of amides is 2. The monoisotopic (exact) mass is 358 g/mol. The van der Waals surface area contributed by atoms with Crippen molar-refractivity contribution in [3.8, 4) is 0 Å². The first kappa shape index (κ1) is 17.5. The molecule has 1 aliphatic heterocycles. The number of nitrogens with zero attached hydrogens (tertiary/aromatic N) is 1. The molecule has 1 saturated heterocycles. The number of benzene rings is 2. The summed E-state index contributed by atoms with van der Waals surface area (Å²) >= 11 is 1.49. The van der Waals surface area contributed by atoms with Crippen LogP contribution in [-0.2, 0) is 9.59 Å². The summed E-state index contributed by atoms with van der Waals surface area (Å²) in [6.45, 7) is 3.66. The van der Waals surface area contributed by atoms with Crippen molar-refractivity contribution in [1.29, 1.82) is 0 Å². The van der Waals surface area contributed by atoms with Crippen molar-refractivity contribution in [1.82, 2.24) is 0 Å². The second-order valence-corrected chi connectivity index (χ2v) is 7.20. The van der Waals surface area contributed by atoms with Crippen LogP contribution in [0.15, 0.2) is 48.5 Å². The number of halogens is 1. The van der Waals surface area contributed by atoms with Crippen molar-refractivity contribution in [2.24, 2.45) is 5.92 Å². The molecule has 0 radical (unpaired) electrons. The van der Waals surface area contributed by atoms with E-state index >= 15 is 0 Å². The maximum Gasteiger partial charge on any atom is 0.238 e. The highest BCUT2D eigenvalue weighted by molar-refractivity contribution is 8.00. The Morgan fingerprint density at radius 3 is 2.56 bits per heavy atom. The second-order valence-electron chi connectivity index (χ2n) is 6.13. The molecule has 4 nitrogen and oxygen atoms in total. The summed E-state index contributed by atoms with van der Waals surface area (Å²) in [4.78, 5) is 26.2. The standard InChI is InChI=1S/C19H19FN2O2S/c1-12(2)18(24)21-16-6-4-3-5-15(16)19-22(17(23)11-25-19)14-9-7-13(20)8-10-14/h3-10,12,19H,11H2,1-2H3,(H,21,24)/t19-/m0/s1. The number of rotatable bonds is 4. The molecule has 0 aromatic heterocycles. The summed E-state index contributed by atoms with van der Waals surface area (Å²) < 4.78 is 13.2. The van der Waals surface area contributed by atoms with Gasteiger partial charge in [0.05, 0.1) is 5.75 Å². The lowest BCUT2D eigenvalue weighted by atomic mass is 10.1. The Labute approximate surface area is 150 Å². The fraction of sp³-hybridized carbons (Fsp3) is 0.263. The average molecular weight is 358 g/mol. The lowest BCUT2D eigenvalue weighted by Gasteiger charge is -2.26. The van der Waals surface area contributed by atoms with E-state index in [9.17, 15) is 14.0 Å². The van der Waals surface area contributed by atoms with Gasteiger partial charge in [0.15, 0.2) is 0 Å². The van der Waals surface area contributed by atoms with Gasteiger partial charge in [-0.25, -0.2) is 4.39 Å². The molecule has 1 atom stereocenters. The van der Waals surface area contributed by atoms with Crippen molar-refractivity contribution >= 4 is 35.0 Å². The molecule has 1 fully saturated rings. The summed E-state index contributed by atoms with van der Waals surface area (Å²) in [6, 6.07) is 13.4. The summed E-state index contributed by atoms with van der Waals surface area (Å²) in [7, 11) is 0. The minimum atomic E-state index is -0.343. The quantitative estimate of drug-likeness (QED) is 0.891. The predicted octanol–water partition coefficient (Wildman–Crippen LogP) is 4.20. The van der Waals surface area contributed by atoms with E-state index in [1.807, 2.05) is 38.1 Å². The topological polar surface area (TPSA) is 49.4 Å². The van der Waals surface area contributed by atoms with Crippen molar-refractivity contribution in [2.45, 2.75) is 19.2 Å². The van der Waals surface area contributed by atoms with Crippen LogP contribution in [0.3, 0.4) is 0 Å². The van der Waals surface area contributed by atoms with Crippen LogP contribution in [0.2, 0.25) is 0 Å². The van der Waals surface area contributed by atoms with Gasteiger partial charge in [-0.05, 0) is 30.3 Å². The van der Waals surface area contributed by atoms with Crippen LogP contribution in [0.4, 0.5) is 15.8 Å². The first-order valence-electron chi connectivity index (χ1n) is 8.06. The number of para-hydroxylation sites is 1. The molecular formula is C19H19FN2O2S. The van der Waals surface area contributed by atoms with Crippen LogP contribution >= 0.6 is 11.8 Å². The smallest absolute Gasteiger partial charge is 0.238 e. The lowest BCUT2D eigenvalue weighted by molar-refractivity contribution is -0.119. The van der Waals surface area contributed by atoms with Crippen LogP contribution in [-0.4, -0.2) is 17.6 Å². The van der Waals surface area contributed by atoms with E-state index in [1.165, 1.54) is 23.9 Å². The van der Waals surface area contributed by atoms with E-state index in [0.717, 1.165) is 5.56 Å². The first-order valence-corrected chi connectivity index (χ1v) is 9.11. The number of carbonyl (C=O) groups excluding carboxylic acids is 2. The highest BCUT2D eigenvalue weighted by Crippen LogP contribution is 2.44. The van der Waals surface area contributed by atoms with Gasteiger partial charge in [-0.15, -0.1) is 11.8 Å². The Bertz CT molecular complexity index is 792. The molecule has 2 amide bonds. The van der Waals surface area contributed by atoms with Gasteiger partial charge in [-0.2, -0.15) is 0 Å². The Morgan fingerprint density at radius 1 is 1.20 bits per heavy atom. The van der Waals surface area contributed by atoms with E-state index in [1.54, 1.807) is 17.0 Å². The third kappa shape index (κ3) is 3.69. The van der Waals surface area contributed by atoms with Gasteiger partial charge < -0.3 is 5.32 Å². The summed E-state index contributed by atoms with van der Waals surface area (Å²) in [5, 5.41) is 2.67. The van der Waals surface area contributed by atoms with E-state index in [0.29, 0.717) is 17.1 Å². The molecule has 0 unspecified atom stereocenters. The van der Waals surface area contributed by atoms with Crippen LogP contribution in [0.1, 0.15) is 24.8 Å². The molecule has 0 aliphatic carbocycles. The molecule has 0 bridgehead atoms. The highest BCUT2D eigenvalue weighted by Gasteiger charge is 2.35. The molecule has 0 spiro atoms. The third-order valence-electron chi connectivity index (χ3n) is 3.98. The molecule has 6 heteroatoms. The van der Waals surface area contributed by atoms with Crippen LogP contribution in [0.25, 0.3) is 0 Å². The SMILES string of the molecule is CC(C)C(=O)Nc1ccccc1[C@@H]1SCC(=O)N1c1ccc(F)cc1. The number of nitrogens with one attached hydrogen (secondary N) is 1. The second kappa shape index (κ2) is 7.27. The third-order valence-corrected chi connectivity index (χ3v) is 5.18. The molecule has 130 valence electrons.